The van der Waals surface area contributed by atoms with Gasteiger partial charge in [-0.3, -0.25) is 0 Å². The van der Waals surface area contributed by atoms with Gasteiger partial charge in [0.05, 0.1) is 0 Å². The molecule has 0 saturated heterocycles. The van der Waals surface area contributed by atoms with E-state index in [1.165, 1.54) is 0 Å². The van der Waals surface area contributed by atoms with Crippen molar-refractivity contribution >= 4 is 0 Å². The molecule has 0 bridgehead atoms. The lowest BCUT2D eigenvalue weighted by Crippen LogP contribution is -2.08. The van der Waals surface area contributed by atoms with Crippen LogP contribution in [0.1, 0.15) is 42.7 Å². The Hall–Kier alpha value is -1.00. The fourth-order valence-electron chi connectivity index (χ4n) is 1.55. The standard InChI is InChI=1S/C9H10F3NO/c1-2-6-7(5-3-4-5)14-13-8(6)9(10,11)12/h5H,2-4H2,1H3. The van der Waals surface area contributed by atoms with Crippen LogP contribution in [0.25, 0.3) is 0 Å². The Morgan fingerprint density at radius 1 is 1.43 bits per heavy atom. The molecule has 2 rings (SSSR count). The minimum absolute atomic E-state index is 0.175. The second-order valence-corrected chi connectivity index (χ2v) is 3.50. The van der Waals surface area contributed by atoms with E-state index in [1.807, 2.05) is 0 Å². The quantitative estimate of drug-likeness (QED) is 0.741. The minimum Gasteiger partial charge on any atom is -0.360 e. The molecule has 2 nitrogen and oxygen atoms in total. The topological polar surface area (TPSA) is 26.0 Å². The van der Waals surface area contributed by atoms with Gasteiger partial charge >= 0.3 is 6.18 Å². The molecule has 1 aromatic rings. The summed E-state index contributed by atoms with van der Waals surface area (Å²) in [6.45, 7) is 1.69. The molecule has 0 N–H and O–H groups in total. The van der Waals surface area contributed by atoms with Gasteiger partial charge in [-0.2, -0.15) is 13.2 Å². The molecule has 1 fully saturated rings. The van der Waals surface area contributed by atoms with E-state index in [1.54, 1.807) is 6.92 Å². The van der Waals surface area contributed by atoms with Crippen LogP contribution in [0.3, 0.4) is 0 Å². The molecule has 0 aromatic carbocycles. The van der Waals surface area contributed by atoms with Crippen molar-refractivity contribution in [1.29, 1.82) is 0 Å². The smallest absolute Gasteiger partial charge is 0.360 e. The molecule has 1 aliphatic carbocycles. The van der Waals surface area contributed by atoms with Gasteiger partial charge in [0.15, 0.2) is 5.69 Å². The fourth-order valence-corrected chi connectivity index (χ4v) is 1.55. The number of hydrogen-bond donors (Lipinski definition) is 0. The number of rotatable bonds is 2. The highest BCUT2D eigenvalue weighted by molar-refractivity contribution is 5.30. The van der Waals surface area contributed by atoms with E-state index in [0.717, 1.165) is 12.8 Å². The zero-order chi connectivity index (χ0) is 10.3. The number of aromatic nitrogens is 1. The summed E-state index contributed by atoms with van der Waals surface area (Å²) in [5, 5.41) is 3.12. The van der Waals surface area contributed by atoms with Crippen molar-refractivity contribution in [2.45, 2.75) is 38.3 Å². The van der Waals surface area contributed by atoms with Gasteiger partial charge in [0.1, 0.15) is 5.76 Å². The predicted octanol–water partition coefficient (Wildman–Crippen LogP) is 3.13. The zero-order valence-corrected chi connectivity index (χ0v) is 7.69. The molecule has 14 heavy (non-hydrogen) atoms. The van der Waals surface area contributed by atoms with E-state index in [-0.39, 0.29) is 11.5 Å². The largest absolute Gasteiger partial charge is 0.437 e. The van der Waals surface area contributed by atoms with Crippen molar-refractivity contribution in [2.75, 3.05) is 0 Å². The summed E-state index contributed by atoms with van der Waals surface area (Å²) in [6.07, 6.45) is -2.23. The van der Waals surface area contributed by atoms with Crippen LogP contribution in [0.5, 0.6) is 0 Å². The third-order valence-corrected chi connectivity index (χ3v) is 2.39. The Morgan fingerprint density at radius 3 is 2.50 bits per heavy atom. The van der Waals surface area contributed by atoms with Crippen LogP contribution in [0, 0.1) is 0 Å². The summed E-state index contributed by atoms with van der Waals surface area (Å²) < 4.78 is 42.0. The Balaban J connectivity index is 2.41. The highest BCUT2D eigenvalue weighted by Gasteiger charge is 2.41. The molecule has 1 aromatic heterocycles. The Morgan fingerprint density at radius 2 is 2.07 bits per heavy atom. The highest BCUT2D eigenvalue weighted by atomic mass is 19.4. The Labute approximate surface area is 79.1 Å². The normalized spacial score (nSPS) is 17.4. The summed E-state index contributed by atoms with van der Waals surface area (Å²) in [4.78, 5) is 0. The summed E-state index contributed by atoms with van der Waals surface area (Å²) >= 11 is 0. The molecule has 1 heterocycles. The van der Waals surface area contributed by atoms with Crippen LogP contribution in [0.15, 0.2) is 4.52 Å². The van der Waals surface area contributed by atoms with Crippen LogP contribution < -0.4 is 0 Å². The molecule has 78 valence electrons. The van der Waals surface area contributed by atoms with Crippen LogP contribution >= 0.6 is 0 Å². The van der Waals surface area contributed by atoms with E-state index in [0.29, 0.717) is 12.2 Å². The van der Waals surface area contributed by atoms with Crippen LogP contribution in [-0.2, 0) is 12.6 Å². The number of halogens is 3. The molecule has 1 saturated carbocycles. The van der Waals surface area contributed by atoms with Gasteiger partial charge in [-0.15, -0.1) is 0 Å². The first-order chi connectivity index (χ1) is 6.54. The number of hydrogen-bond acceptors (Lipinski definition) is 2. The average molecular weight is 205 g/mol. The van der Waals surface area contributed by atoms with Gasteiger partial charge in [0, 0.05) is 11.5 Å². The van der Waals surface area contributed by atoms with Crippen LogP contribution in [-0.4, -0.2) is 5.16 Å². The van der Waals surface area contributed by atoms with E-state index in [2.05, 4.69) is 5.16 Å². The maximum atomic E-state index is 12.4. The third-order valence-electron chi connectivity index (χ3n) is 2.39. The Kier molecular flexibility index (Phi) is 2.05. The van der Waals surface area contributed by atoms with Crippen molar-refractivity contribution in [3.63, 3.8) is 0 Å². The van der Waals surface area contributed by atoms with Crippen molar-refractivity contribution in [3.8, 4) is 0 Å². The summed E-state index contributed by atoms with van der Waals surface area (Å²) in [6, 6.07) is 0. The molecule has 5 heteroatoms. The van der Waals surface area contributed by atoms with Crippen LogP contribution in [0.4, 0.5) is 13.2 Å². The number of nitrogens with zero attached hydrogens (tertiary/aromatic N) is 1. The molecule has 0 radical (unpaired) electrons. The lowest BCUT2D eigenvalue weighted by atomic mass is 10.1. The lowest BCUT2D eigenvalue weighted by molar-refractivity contribution is -0.143. The molecule has 0 spiro atoms. The first-order valence-corrected chi connectivity index (χ1v) is 4.59. The fraction of sp³-hybridized carbons (Fsp3) is 0.667. The van der Waals surface area contributed by atoms with E-state index in [9.17, 15) is 13.2 Å². The van der Waals surface area contributed by atoms with Crippen molar-refractivity contribution < 1.29 is 17.7 Å². The van der Waals surface area contributed by atoms with E-state index < -0.39 is 11.9 Å². The summed E-state index contributed by atoms with van der Waals surface area (Å²) in [7, 11) is 0. The second kappa shape index (κ2) is 3.00. The molecule has 0 amide bonds. The molecule has 0 aliphatic heterocycles. The molecule has 1 aliphatic rings. The van der Waals surface area contributed by atoms with E-state index >= 15 is 0 Å². The molecule has 0 unspecified atom stereocenters. The Bertz CT molecular complexity index is 338. The van der Waals surface area contributed by atoms with Gasteiger partial charge in [0.25, 0.3) is 0 Å². The lowest BCUT2D eigenvalue weighted by Gasteiger charge is -2.03. The maximum absolute atomic E-state index is 12.4. The molecular weight excluding hydrogens is 195 g/mol. The average Bonchev–Trinajstić information content (AvgIpc) is 2.82. The van der Waals surface area contributed by atoms with E-state index in [4.69, 9.17) is 4.52 Å². The predicted molar refractivity (Wildman–Crippen MR) is 42.9 cm³/mol. The monoisotopic (exact) mass is 205 g/mol. The van der Waals surface area contributed by atoms with Crippen molar-refractivity contribution in [2.24, 2.45) is 0 Å². The van der Waals surface area contributed by atoms with Crippen molar-refractivity contribution in [1.82, 2.24) is 5.16 Å². The first kappa shape index (κ1) is 9.55. The van der Waals surface area contributed by atoms with Gasteiger partial charge in [0.2, 0.25) is 0 Å². The zero-order valence-electron chi connectivity index (χ0n) is 7.69. The van der Waals surface area contributed by atoms with Gasteiger partial charge in [-0.05, 0) is 19.3 Å². The summed E-state index contributed by atoms with van der Waals surface area (Å²) in [5.41, 5.74) is -0.609. The van der Waals surface area contributed by atoms with Gasteiger partial charge in [-0.25, -0.2) is 0 Å². The minimum atomic E-state index is -4.39. The van der Waals surface area contributed by atoms with Crippen molar-refractivity contribution in [3.05, 3.63) is 17.0 Å². The SMILES string of the molecule is CCc1c(C(F)(F)F)noc1C1CC1. The summed E-state index contributed by atoms with van der Waals surface area (Å²) in [5.74, 6) is 0.619. The third kappa shape index (κ3) is 1.51. The van der Waals surface area contributed by atoms with Crippen LogP contribution in [0.2, 0.25) is 0 Å². The number of alkyl halides is 3. The molecular formula is C9H10F3NO. The first-order valence-electron chi connectivity index (χ1n) is 4.59. The maximum Gasteiger partial charge on any atom is 0.437 e. The highest BCUT2D eigenvalue weighted by Crippen LogP contribution is 2.44. The van der Waals surface area contributed by atoms with Gasteiger partial charge < -0.3 is 4.52 Å². The molecule has 0 atom stereocenters. The second-order valence-electron chi connectivity index (χ2n) is 3.50. The van der Waals surface area contributed by atoms with Gasteiger partial charge in [-0.1, -0.05) is 12.1 Å².